The van der Waals surface area contributed by atoms with E-state index in [4.69, 9.17) is 18.9 Å². The number of hydrogen-bond donors (Lipinski definition) is 1. The first-order chi connectivity index (χ1) is 14.2. The van der Waals surface area contributed by atoms with Gasteiger partial charge in [0.25, 0.3) is 0 Å². The predicted molar refractivity (Wildman–Crippen MR) is 108 cm³/mol. The van der Waals surface area contributed by atoms with Crippen LogP contribution in [0.4, 0.5) is 4.79 Å². The summed E-state index contributed by atoms with van der Waals surface area (Å²) in [5, 5.41) is 11.8. The number of rotatable bonds is 9. The lowest BCUT2D eigenvalue weighted by atomic mass is 10.1. The Morgan fingerprint density at radius 2 is 2.10 bits per heavy atom. The van der Waals surface area contributed by atoms with Crippen molar-refractivity contribution in [3.8, 4) is 11.8 Å². The smallest absolute Gasteiger partial charge is 0.408 e. The van der Waals surface area contributed by atoms with Crippen LogP contribution >= 0.6 is 0 Å². The van der Waals surface area contributed by atoms with Gasteiger partial charge in [0.05, 0.1) is 24.8 Å². The zero-order chi connectivity index (χ0) is 22.1. The number of likely N-dealkylation sites (tertiary alicyclic amines) is 1. The maximum absolute atomic E-state index is 12.7. The number of methoxy groups -OCH3 is 1. The van der Waals surface area contributed by atoms with E-state index in [0.717, 1.165) is 0 Å². The lowest BCUT2D eigenvalue weighted by Gasteiger charge is -2.22. The van der Waals surface area contributed by atoms with Crippen LogP contribution in [0.2, 0.25) is 0 Å². The summed E-state index contributed by atoms with van der Waals surface area (Å²) in [5.41, 5.74) is 0.518. The van der Waals surface area contributed by atoms with Crippen molar-refractivity contribution in [1.82, 2.24) is 10.2 Å². The summed E-state index contributed by atoms with van der Waals surface area (Å²) in [4.78, 5) is 26.3. The maximum atomic E-state index is 12.7. The highest BCUT2D eigenvalue weighted by Crippen LogP contribution is 2.24. The van der Waals surface area contributed by atoms with Crippen LogP contribution < -0.4 is 10.1 Å². The molecule has 2 rings (SSSR count). The van der Waals surface area contributed by atoms with E-state index in [-0.39, 0.29) is 19.2 Å². The van der Waals surface area contributed by atoms with Gasteiger partial charge in [0.2, 0.25) is 5.91 Å². The molecule has 0 aromatic heterocycles. The summed E-state index contributed by atoms with van der Waals surface area (Å²) < 4.78 is 21.1. The van der Waals surface area contributed by atoms with Crippen molar-refractivity contribution in [1.29, 1.82) is 5.26 Å². The number of benzene rings is 1. The Bertz CT molecular complexity index is 784. The van der Waals surface area contributed by atoms with Crippen molar-refractivity contribution in [2.45, 2.75) is 45.4 Å². The summed E-state index contributed by atoms with van der Waals surface area (Å²) in [7, 11) is 1.58. The Kier molecular flexibility index (Phi) is 8.45. The van der Waals surface area contributed by atoms with Crippen LogP contribution in [0.1, 0.15) is 38.3 Å². The van der Waals surface area contributed by atoms with E-state index in [1.165, 1.54) is 0 Å². The Balaban J connectivity index is 2.00. The lowest BCUT2D eigenvalue weighted by Crippen LogP contribution is -2.43. The molecule has 1 aromatic carbocycles. The molecular weight excluding hydrogens is 390 g/mol. The number of ether oxygens (including phenoxy) is 4. The molecule has 1 aliphatic rings. The van der Waals surface area contributed by atoms with Gasteiger partial charge >= 0.3 is 6.09 Å². The number of nitrogens with one attached hydrogen (secondary N) is 1. The summed E-state index contributed by atoms with van der Waals surface area (Å²) >= 11 is 0. The van der Waals surface area contributed by atoms with Gasteiger partial charge in [-0.3, -0.25) is 4.79 Å². The van der Waals surface area contributed by atoms with Gasteiger partial charge < -0.3 is 29.2 Å². The number of alkyl carbamates (subject to hydrolysis) is 1. The van der Waals surface area contributed by atoms with Gasteiger partial charge in [-0.1, -0.05) is 0 Å². The van der Waals surface area contributed by atoms with E-state index in [9.17, 15) is 14.9 Å². The zero-order valence-corrected chi connectivity index (χ0v) is 17.9. The van der Waals surface area contributed by atoms with E-state index in [1.807, 2.05) is 0 Å². The highest BCUT2D eigenvalue weighted by atomic mass is 16.7. The number of carbonyl (C=O) groups is 2. The molecule has 1 unspecified atom stereocenters. The van der Waals surface area contributed by atoms with Gasteiger partial charge in [0.15, 0.2) is 6.79 Å². The van der Waals surface area contributed by atoms with Crippen molar-refractivity contribution in [2.75, 3.05) is 33.7 Å². The average Bonchev–Trinajstić information content (AvgIpc) is 3.00. The van der Waals surface area contributed by atoms with Crippen molar-refractivity contribution < 1.29 is 28.5 Å². The zero-order valence-electron chi connectivity index (χ0n) is 17.9. The molecule has 0 radical (unpaired) electrons. The fraction of sp³-hybridized carbons (Fsp3) is 0.571. The topological polar surface area (TPSA) is 110 Å². The highest BCUT2D eigenvalue weighted by Gasteiger charge is 2.34. The fourth-order valence-corrected chi connectivity index (χ4v) is 2.91. The average molecular weight is 419 g/mol. The normalized spacial score (nSPS) is 16.3. The van der Waals surface area contributed by atoms with Crippen LogP contribution in [-0.4, -0.2) is 62.2 Å². The van der Waals surface area contributed by atoms with E-state index in [0.29, 0.717) is 43.1 Å². The number of nitriles is 1. The second-order valence-corrected chi connectivity index (χ2v) is 7.84. The molecule has 0 bridgehead atoms. The standard InChI is InChI=1S/C21H29N3O6/c1-21(2,3)30-20(26)23-17-7-8-24(19(17)25)13-16-11-15(12-22)5-6-18(16)29-14-28-10-9-27-4/h5-6,11,17H,7-10,13-14H2,1-4H3,(H,23,26). The molecule has 2 amide bonds. The SMILES string of the molecule is COCCOCOc1ccc(C#N)cc1CN1CCC(NC(=O)OC(C)(C)C)C1=O. The van der Waals surface area contributed by atoms with E-state index < -0.39 is 17.7 Å². The third-order valence-corrected chi connectivity index (χ3v) is 4.27. The molecule has 164 valence electrons. The molecule has 0 spiro atoms. The van der Waals surface area contributed by atoms with Crippen molar-refractivity contribution >= 4 is 12.0 Å². The van der Waals surface area contributed by atoms with Gasteiger partial charge in [0, 0.05) is 25.8 Å². The Labute approximate surface area is 176 Å². The quantitative estimate of drug-likeness (QED) is 0.482. The van der Waals surface area contributed by atoms with Crippen LogP contribution in [0, 0.1) is 11.3 Å². The Hall–Kier alpha value is -2.83. The van der Waals surface area contributed by atoms with E-state index in [1.54, 1.807) is 51.0 Å². The van der Waals surface area contributed by atoms with Gasteiger partial charge in [-0.2, -0.15) is 5.26 Å². The third kappa shape index (κ3) is 7.21. The molecule has 1 N–H and O–H groups in total. The second-order valence-electron chi connectivity index (χ2n) is 7.84. The molecule has 1 atom stereocenters. The minimum atomic E-state index is -0.638. The molecule has 1 saturated heterocycles. The number of carbonyl (C=O) groups excluding carboxylic acids is 2. The second kappa shape index (κ2) is 10.8. The first-order valence-corrected chi connectivity index (χ1v) is 9.74. The molecule has 9 heteroatoms. The first-order valence-electron chi connectivity index (χ1n) is 9.74. The summed E-state index contributed by atoms with van der Waals surface area (Å²) in [6.45, 7) is 6.89. The van der Waals surface area contributed by atoms with Gasteiger partial charge in [-0.05, 0) is 45.4 Å². The predicted octanol–water partition coefficient (Wildman–Crippen LogP) is 2.18. The first kappa shape index (κ1) is 23.4. The highest BCUT2D eigenvalue weighted by molar-refractivity contribution is 5.87. The van der Waals surface area contributed by atoms with Crippen molar-refractivity contribution in [3.05, 3.63) is 29.3 Å². The monoisotopic (exact) mass is 419 g/mol. The van der Waals surface area contributed by atoms with Crippen LogP contribution in [-0.2, 0) is 25.5 Å². The van der Waals surface area contributed by atoms with Crippen LogP contribution in [0.5, 0.6) is 5.75 Å². The van der Waals surface area contributed by atoms with Gasteiger partial charge in [-0.15, -0.1) is 0 Å². The minimum absolute atomic E-state index is 0.0268. The molecule has 1 fully saturated rings. The molecule has 0 saturated carbocycles. The summed E-state index contributed by atoms with van der Waals surface area (Å²) in [5.74, 6) is 0.327. The van der Waals surface area contributed by atoms with E-state index >= 15 is 0 Å². The van der Waals surface area contributed by atoms with Crippen LogP contribution in [0.15, 0.2) is 18.2 Å². The molecule has 30 heavy (non-hydrogen) atoms. The maximum Gasteiger partial charge on any atom is 0.408 e. The molecule has 1 aromatic rings. The number of amides is 2. The molecule has 0 aliphatic carbocycles. The van der Waals surface area contributed by atoms with Crippen LogP contribution in [0.25, 0.3) is 0 Å². The number of hydrogen-bond acceptors (Lipinski definition) is 7. The number of nitrogens with zero attached hydrogens (tertiary/aromatic N) is 2. The third-order valence-electron chi connectivity index (χ3n) is 4.27. The Morgan fingerprint density at radius 1 is 1.33 bits per heavy atom. The summed E-state index contributed by atoms with van der Waals surface area (Å²) in [6, 6.07) is 6.47. The van der Waals surface area contributed by atoms with Gasteiger partial charge in [0.1, 0.15) is 17.4 Å². The molecule has 1 aliphatic heterocycles. The molecule has 1 heterocycles. The van der Waals surface area contributed by atoms with Crippen molar-refractivity contribution in [3.63, 3.8) is 0 Å². The fourth-order valence-electron chi connectivity index (χ4n) is 2.91. The summed E-state index contributed by atoms with van der Waals surface area (Å²) in [6.07, 6.45) is -0.141. The molecular formula is C21H29N3O6. The Morgan fingerprint density at radius 3 is 2.77 bits per heavy atom. The van der Waals surface area contributed by atoms with Crippen LogP contribution in [0.3, 0.4) is 0 Å². The lowest BCUT2D eigenvalue weighted by molar-refractivity contribution is -0.130. The van der Waals surface area contributed by atoms with Crippen molar-refractivity contribution in [2.24, 2.45) is 0 Å². The van der Waals surface area contributed by atoms with E-state index in [2.05, 4.69) is 11.4 Å². The van der Waals surface area contributed by atoms with Gasteiger partial charge in [-0.25, -0.2) is 4.79 Å². The minimum Gasteiger partial charge on any atom is -0.467 e. The molecule has 9 nitrogen and oxygen atoms in total. The largest absolute Gasteiger partial charge is 0.467 e.